The summed E-state index contributed by atoms with van der Waals surface area (Å²) < 4.78 is 6.13. The van der Waals surface area contributed by atoms with E-state index < -0.39 is 0 Å². The Hall–Kier alpha value is -0.980. The second-order valence-electron chi connectivity index (χ2n) is 8.36. The van der Waals surface area contributed by atoms with Gasteiger partial charge in [-0.15, -0.1) is 24.0 Å². The molecule has 2 fully saturated rings. The number of hydrogen-bond acceptors (Lipinski definition) is 2. The highest BCUT2D eigenvalue weighted by Crippen LogP contribution is 2.60. The van der Waals surface area contributed by atoms with Crippen molar-refractivity contribution in [1.82, 2.24) is 10.6 Å². The molecule has 25 heavy (non-hydrogen) atoms. The molecule has 4 nitrogen and oxygen atoms in total. The number of hydrogen-bond donors (Lipinski definition) is 2. The van der Waals surface area contributed by atoms with Gasteiger partial charge in [-0.25, -0.2) is 0 Å². The van der Waals surface area contributed by atoms with Crippen LogP contribution < -0.4 is 15.4 Å². The molecule has 1 atom stereocenters. The summed E-state index contributed by atoms with van der Waals surface area (Å²) >= 11 is 0. The Morgan fingerprint density at radius 2 is 1.96 bits per heavy atom. The van der Waals surface area contributed by atoms with E-state index in [-0.39, 0.29) is 35.6 Å². The van der Waals surface area contributed by atoms with Crippen LogP contribution in [0.15, 0.2) is 29.3 Å². The van der Waals surface area contributed by atoms with Crippen LogP contribution >= 0.6 is 24.0 Å². The molecule has 3 aliphatic rings. The third kappa shape index (κ3) is 4.07. The molecule has 2 N–H and O–H groups in total. The van der Waals surface area contributed by atoms with Crippen LogP contribution in [-0.2, 0) is 0 Å². The summed E-state index contributed by atoms with van der Waals surface area (Å²) in [7, 11) is 1.86. The van der Waals surface area contributed by atoms with E-state index in [1.807, 2.05) is 13.1 Å². The SMILES string of the molecule is CN=C(NCC1(C2CC2)CC1)NC1CC(C)(C)Oc2ccccc21.I. The summed E-state index contributed by atoms with van der Waals surface area (Å²) in [4.78, 5) is 4.47. The first-order chi connectivity index (χ1) is 11.5. The van der Waals surface area contributed by atoms with Crippen LogP contribution in [0.3, 0.4) is 0 Å². The van der Waals surface area contributed by atoms with Crippen molar-refractivity contribution < 1.29 is 4.74 Å². The fraction of sp³-hybridized carbons (Fsp3) is 0.650. The van der Waals surface area contributed by atoms with Crippen LogP contribution in [-0.4, -0.2) is 25.2 Å². The van der Waals surface area contributed by atoms with Crippen molar-refractivity contribution in [1.29, 1.82) is 0 Å². The first-order valence-corrected chi connectivity index (χ1v) is 9.26. The highest BCUT2D eigenvalue weighted by atomic mass is 127. The minimum Gasteiger partial charge on any atom is -0.487 e. The van der Waals surface area contributed by atoms with Gasteiger partial charge in [-0.2, -0.15) is 0 Å². The summed E-state index contributed by atoms with van der Waals surface area (Å²) in [6, 6.07) is 8.57. The number of fused-ring (bicyclic) bond motifs is 1. The van der Waals surface area contributed by atoms with Gasteiger partial charge in [0.15, 0.2) is 5.96 Å². The monoisotopic (exact) mass is 455 g/mol. The van der Waals surface area contributed by atoms with Crippen LogP contribution in [0.4, 0.5) is 0 Å². The maximum Gasteiger partial charge on any atom is 0.191 e. The first kappa shape index (κ1) is 18.8. The minimum atomic E-state index is -0.170. The Morgan fingerprint density at radius 1 is 1.24 bits per heavy atom. The van der Waals surface area contributed by atoms with Gasteiger partial charge in [0, 0.05) is 25.6 Å². The van der Waals surface area contributed by atoms with Crippen molar-refractivity contribution in [3.8, 4) is 5.75 Å². The van der Waals surface area contributed by atoms with Gasteiger partial charge in [0.2, 0.25) is 0 Å². The molecule has 0 saturated heterocycles. The lowest BCUT2D eigenvalue weighted by molar-refractivity contribution is 0.0694. The maximum absolute atomic E-state index is 6.13. The molecule has 0 amide bonds. The summed E-state index contributed by atoms with van der Waals surface area (Å²) in [6.45, 7) is 5.37. The predicted molar refractivity (Wildman–Crippen MR) is 113 cm³/mol. The Balaban J connectivity index is 0.00000182. The average molecular weight is 455 g/mol. The van der Waals surface area contributed by atoms with Crippen molar-refractivity contribution >= 4 is 29.9 Å². The fourth-order valence-corrected chi connectivity index (χ4v) is 4.14. The molecular weight excluding hydrogens is 425 g/mol. The molecule has 0 radical (unpaired) electrons. The molecular formula is C20H30IN3O. The van der Waals surface area contributed by atoms with Crippen LogP contribution in [0.2, 0.25) is 0 Å². The predicted octanol–water partition coefficient (Wildman–Crippen LogP) is 4.26. The first-order valence-electron chi connectivity index (χ1n) is 9.26. The average Bonchev–Trinajstić information content (AvgIpc) is 3.43. The van der Waals surface area contributed by atoms with Crippen LogP contribution in [0.5, 0.6) is 5.75 Å². The zero-order chi connectivity index (χ0) is 16.8. The summed E-state index contributed by atoms with van der Waals surface area (Å²) in [6.07, 6.45) is 6.55. The lowest BCUT2D eigenvalue weighted by Gasteiger charge is -2.38. The number of aliphatic imine (C=N–C) groups is 1. The van der Waals surface area contributed by atoms with Crippen molar-refractivity contribution in [3.05, 3.63) is 29.8 Å². The minimum absolute atomic E-state index is 0. The number of ether oxygens (including phenoxy) is 1. The molecule has 5 heteroatoms. The number of guanidine groups is 1. The smallest absolute Gasteiger partial charge is 0.191 e. The van der Waals surface area contributed by atoms with Gasteiger partial charge in [-0.05, 0) is 56.9 Å². The molecule has 1 aliphatic heterocycles. The molecule has 0 aromatic heterocycles. The van der Waals surface area contributed by atoms with E-state index in [1.54, 1.807) is 0 Å². The zero-order valence-corrected chi connectivity index (χ0v) is 17.8. The second kappa shape index (κ2) is 6.97. The number of rotatable bonds is 4. The maximum atomic E-state index is 6.13. The van der Waals surface area contributed by atoms with Crippen LogP contribution in [0, 0.1) is 11.3 Å². The van der Waals surface area contributed by atoms with Gasteiger partial charge >= 0.3 is 0 Å². The molecule has 1 unspecified atom stereocenters. The Morgan fingerprint density at radius 3 is 2.60 bits per heavy atom. The summed E-state index contributed by atoms with van der Waals surface area (Å²) in [5.41, 5.74) is 1.63. The van der Waals surface area contributed by atoms with E-state index in [0.29, 0.717) is 5.41 Å². The molecule has 2 aliphatic carbocycles. The van der Waals surface area contributed by atoms with Gasteiger partial charge in [-0.3, -0.25) is 4.99 Å². The Kier molecular flexibility index (Phi) is 5.24. The van der Waals surface area contributed by atoms with Gasteiger partial charge in [0.1, 0.15) is 11.4 Å². The van der Waals surface area contributed by atoms with E-state index in [1.165, 1.54) is 31.2 Å². The zero-order valence-electron chi connectivity index (χ0n) is 15.5. The number of benzene rings is 1. The van der Waals surface area contributed by atoms with Gasteiger partial charge < -0.3 is 15.4 Å². The summed E-state index contributed by atoms with van der Waals surface area (Å²) in [5.74, 6) is 2.86. The van der Waals surface area contributed by atoms with E-state index in [0.717, 1.165) is 30.6 Å². The lowest BCUT2D eigenvalue weighted by atomic mass is 9.90. The van der Waals surface area contributed by atoms with Gasteiger partial charge in [0.25, 0.3) is 0 Å². The van der Waals surface area contributed by atoms with E-state index in [9.17, 15) is 0 Å². The third-order valence-corrected chi connectivity index (χ3v) is 5.85. The quantitative estimate of drug-likeness (QED) is 0.405. The largest absolute Gasteiger partial charge is 0.487 e. The lowest BCUT2D eigenvalue weighted by Crippen LogP contribution is -2.46. The van der Waals surface area contributed by atoms with Crippen LogP contribution in [0.25, 0.3) is 0 Å². The molecule has 1 heterocycles. The molecule has 138 valence electrons. The van der Waals surface area contributed by atoms with E-state index >= 15 is 0 Å². The Labute approximate surface area is 168 Å². The topological polar surface area (TPSA) is 45.7 Å². The van der Waals surface area contributed by atoms with Crippen molar-refractivity contribution in [2.75, 3.05) is 13.6 Å². The molecule has 4 rings (SSSR count). The molecule has 1 aromatic rings. The highest BCUT2D eigenvalue weighted by molar-refractivity contribution is 14.0. The number of nitrogens with one attached hydrogen (secondary N) is 2. The number of halogens is 1. The van der Waals surface area contributed by atoms with Gasteiger partial charge in [0.05, 0.1) is 6.04 Å². The van der Waals surface area contributed by atoms with Gasteiger partial charge in [-0.1, -0.05) is 18.2 Å². The highest BCUT2D eigenvalue weighted by Gasteiger charge is 2.53. The standard InChI is InChI=1S/C20H29N3O.HI/c1-19(2)12-16(15-6-4-5-7-17(15)24-19)23-18(21-3)22-13-20(10-11-20)14-8-9-14;/h4-7,14,16H,8-13H2,1-3H3,(H2,21,22,23);1H. The summed E-state index contributed by atoms with van der Waals surface area (Å²) in [5, 5.41) is 7.23. The van der Waals surface area contributed by atoms with Crippen molar-refractivity contribution in [3.63, 3.8) is 0 Å². The molecule has 0 bridgehead atoms. The second-order valence-corrected chi connectivity index (χ2v) is 8.36. The van der Waals surface area contributed by atoms with E-state index in [2.05, 4.69) is 47.7 Å². The third-order valence-electron chi connectivity index (χ3n) is 5.85. The number of para-hydroxylation sites is 1. The fourth-order valence-electron chi connectivity index (χ4n) is 4.14. The molecule has 0 spiro atoms. The Bertz CT molecular complexity index is 650. The van der Waals surface area contributed by atoms with E-state index in [4.69, 9.17) is 4.74 Å². The van der Waals surface area contributed by atoms with Crippen molar-refractivity contribution in [2.45, 2.75) is 57.6 Å². The normalized spacial score (nSPS) is 25.9. The van der Waals surface area contributed by atoms with Crippen molar-refractivity contribution in [2.24, 2.45) is 16.3 Å². The molecule has 2 saturated carbocycles. The number of nitrogens with zero attached hydrogens (tertiary/aromatic N) is 1. The molecule has 1 aromatic carbocycles. The van der Waals surface area contributed by atoms with Crippen LogP contribution in [0.1, 0.15) is 57.6 Å².